The van der Waals surface area contributed by atoms with E-state index in [4.69, 9.17) is 0 Å². The summed E-state index contributed by atoms with van der Waals surface area (Å²) < 4.78 is 37.4. The van der Waals surface area contributed by atoms with E-state index in [1.165, 1.54) is 5.56 Å². The van der Waals surface area contributed by atoms with Gasteiger partial charge in [0, 0.05) is 11.3 Å². The van der Waals surface area contributed by atoms with E-state index in [1.807, 2.05) is 30.3 Å². The fourth-order valence-corrected chi connectivity index (χ4v) is 2.05. The van der Waals surface area contributed by atoms with E-state index in [-0.39, 0.29) is 5.56 Å². The molecule has 0 fully saturated rings. The lowest BCUT2D eigenvalue weighted by Crippen LogP contribution is -2.19. The number of carbonyl (C=O) groups is 1. The molecule has 24 heavy (non-hydrogen) atoms. The highest BCUT2D eigenvalue weighted by atomic mass is 19.4. The summed E-state index contributed by atoms with van der Waals surface area (Å²) in [6.45, 7) is 1.79. The number of hydrazone groups is 1. The minimum atomic E-state index is -4.42. The molecule has 2 rings (SSSR count). The van der Waals surface area contributed by atoms with Crippen LogP contribution in [-0.4, -0.2) is 11.6 Å². The van der Waals surface area contributed by atoms with Crippen molar-refractivity contribution in [1.82, 2.24) is 5.43 Å². The monoisotopic (exact) mass is 334 g/mol. The summed E-state index contributed by atoms with van der Waals surface area (Å²) in [5.41, 5.74) is 3.60. The summed E-state index contributed by atoms with van der Waals surface area (Å²) in [7, 11) is 0. The van der Waals surface area contributed by atoms with Crippen LogP contribution in [0.3, 0.4) is 0 Å². The Bertz CT molecular complexity index is 707. The largest absolute Gasteiger partial charge is 0.416 e. The summed E-state index contributed by atoms with van der Waals surface area (Å²) in [6.07, 6.45) is -2.94. The molecule has 6 heteroatoms. The van der Waals surface area contributed by atoms with Gasteiger partial charge in [-0.05, 0) is 49.6 Å². The SMILES string of the molecule is C/C(CCc1ccccc1)=N/NC(=O)c1ccc(C(F)(F)F)cc1. The first kappa shape index (κ1) is 17.7. The van der Waals surface area contributed by atoms with Crippen molar-refractivity contribution in [2.75, 3.05) is 0 Å². The van der Waals surface area contributed by atoms with Crippen molar-refractivity contribution in [3.05, 3.63) is 71.3 Å². The molecule has 0 unspecified atom stereocenters. The molecule has 0 atom stereocenters. The van der Waals surface area contributed by atoms with Crippen LogP contribution in [0.25, 0.3) is 0 Å². The molecule has 0 aromatic heterocycles. The molecular formula is C18H17F3N2O. The van der Waals surface area contributed by atoms with Crippen molar-refractivity contribution in [2.24, 2.45) is 5.10 Å². The molecule has 126 valence electrons. The number of alkyl halides is 3. The van der Waals surface area contributed by atoms with E-state index < -0.39 is 17.6 Å². The van der Waals surface area contributed by atoms with E-state index >= 15 is 0 Å². The van der Waals surface area contributed by atoms with Gasteiger partial charge in [-0.1, -0.05) is 30.3 Å². The molecule has 0 saturated heterocycles. The van der Waals surface area contributed by atoms with Gasteiger partial charge in [-0.15, -0.1) is 0 Å². The van der Waals surface area contributed by atoms with Gasteiger partial charge in [0.2, 0.25) is 0 Å². The molecule has 2 aromatic rings. The molecule has 0 aliphatic rings. The molecule has 0 aliphatic heterocycles. The van der Waals surface area contributed by atoms with Gasteiger partial charge >= 0.3 is 6.18 Å². The van der Waals surface area contributed by atoms with Gasteiger partial charge in [0.05, 0.1) is 5.56 Å². The van der Waals surface area contributed by atoms with Crippen molar-refractivity contribution in [2.45, 2.75) is 25.9 Å². The van der Waals surface area contributed by atoms with Crippen LogP contribution in [0.4, 0.5) is 13.2 Å². The Morgan fingerprint density at radius 1 is 1.04 bits per heavy atom. The number of benzene rings is 2. The number of aryl methyl sites for hydroxylation is 1. The number of hydrogen-bond donors (Lipinski definition) is 1. The second-order valence-electron chi connectivity index (χ2n) is 5.35. The zero-order chi connectivity index (χ0) is 17.6. The summed E-state index contributed by atoms with van der Waals surface area (Å²) in [5.74, 6) is -0.539. The van der Waals surface area contributed by atoms with Crippen LogP contribution < -0.4 is 5.43 Å². The zero-order valence-corrected chi connectivity index (χ0v) is 13.1. The van der Waals surface area contributed by atoms with Crippen LogP contribution in [0, 0.1) is 0 Å². The van der Waals surface area contributed by atoms with Crippen molar-refractivity contribution in [1.29, 1.82) is 0 Å². The lowest BCUT2D eigenvalue weighted by molar-refractivity contribution is -0.137. The summed E-state index contributed by atoms with van der Waals surface area (Å²) >= 11 is 0. The first-order valence-corrected chi connectivity index (χ1v) is 7.41. The van der Waals surface area contributed by atoms with E-state index in [9.17, 15) is 18.0 Å². The lowest BCUT2D eigenvalue weighted by atomic mass is 10.1. The predicted octanol–water partition coefficient (Wildman–Crippen LogP) is 4.44. The highest BCUT2D eigenvalue weighted by molar-refractivity contribution is 5.95. The first-order chi connectivity index (χ1) is 11.4. The standard InChI is InChI=1S/C18H17F3N2O/c1-13(7-8-14-5-3-2-4-6-14)22-23-17(24)15-9-11-16(12-10-15)18(19,20)21/h2-6,9-12H,7-8H2,1H3,(H,23,24)/b22-13-. The smallest absolute Gasteiger partial charge is 0.267 e. The van der Waals surface area contributed by atoms with Gasteiger partial charge in [0.15, 0.2) is 0 Å². The van der Waals surface area contributed by atoms with Crippen molar-refractivity contribution < 1.29 is 18.0 Å². The fraction of sp³-hybridized carbons (Fsp3) is 0.222. The molecule has 0 aliphatic carbocycles. The molecule has 0 bridgehead atoms. The van der Waals surface area contributed by atoms with Gasteiger partial charge in [0.1, 0.15) is 0 Å². The number of carbonyl (C=O) groups excluding carboxylic acids is 1. The maximum atomic E-state index is 12.5. The van der Waals surface area contributed by atoms with E-state index in [2.05, 4.69) is 10.5 Å². The zero-order valence-electron chi connectivity index (χ0n) is 13.1. The van der Waals surface area contributed by atoms with E-state index in [0.29, 0.717) is 6.42 Å². The van der Waals surface area contributed by atoms with Crippen LogP contribution in [0.5, 0.6) is 0 Å². The van der Waals surface area contributed by atoms with Gasteiger partial charge in [-0.25, -0.2) is 5.43 Å². The number of hydrogen-bond acceptors (Lipinski definition) is 2. The minimum absolute atomic E-state index is 0.127. The molecule has 0 saturated carbocycles. The van der Waals surface area contributed by atoms with Gasteiger partial charge in [-0.2, -0.15) is 18.3 Å². The normalized spacial score (nSPS) is 12.1. The molecule has 2 aromatic carbocycles. The molecule has 0 spiro atoms. The van der Waals surface area contributed by atoms with Crippen molar-refractivity contribution in [3.8, 4) is 0 Å². The van der Waals surface area contributed by atoms with Gasteiger partial charge < -0.3 is 0 Å². The Morgan fingerprint density at radius 2 is 1.67 bits per heavy atom. The highest BCUT2D eigenvalue weighted by Gasteiger charge is 2.30. The van der Waals surface area contributed by atoms with Crippen molar-refractivity contribution >= 4 is 11.6 Å². The van der Waals surface area contributed by atoms with Crippen LogP contribution in [-0.2, 0) is 12.6 Å². The predicted molar refractivity (Wildman–Crippen MR) is 86.8 cm³/mol. The lowest BCUT2D eigenvalue weighted by Gasteiger charge is -2.07. The average Bonchev–Trinajstić information content (AvgIpc) is 2.58. The Balaban J connectivity index is 1.89. The third-order valence-electron chi connectivity index (χ3n) is 3.44. The quantitative estimate of drug-likeness (QED) is 0.637. The number of nitrogens with zero attached hydrogens (tertiary/aromatic N) is 1. The van der Waals surface area contributed by atoms with E-state index in [1.54, 1.807) is 6.92 Å². The Hall–Kier alpha value is -2.63. The molecule has 1 amide bonds. The summed E-state index contributed by atoms with van der Waals surface area (Å²) in [6, 6.07) is 13.9. The van der Waals surface area contributed by atoms with Crippen LogP contribution in [0.2, 0.25) is 0 Å². The summed E-state index contributed by atoms with van der Waals surface area (Å²) in [5, 5.41) is 3.98. The maximum absolute atomic E-state index is 12.5. The van der Waals surface area contributed by atoms with Crippen LogP contribution >= 0.6 is 0 Å². The fourth-order valence-electron chi connectivity index (χ4n) is 2.05. The minimum Gasteiger partial charge on any atom is -0.267 e. The Kier molecular flexibility index (Phi) is 5.73. The summed E-state index contributed by atoms with van der Waals surface area (Å²) in [4.78, 5) is 11.9. The molecule has 1 N–H and O–H groups in total. The molecular weight excluding hydrogens is 317 g/mol. The number of rotatable bonds is 5. The maximum Gasteiger partial charge on any atom is 0.416 e. The third kappa shape index (κ3) is 5.22. The number of amides is 1. The van der Waals surface area contributed by atoms with E-state index in [0.717, 1.165) is 36.4 Å². The number of halogens is 3. The van der Waals surface area contributed by atoms with Crippen LogP contribution in [0.1, 0.15) is 34.8 Å². The Morgan fingerprint density at radius 3 is 2.25 bits per heavy atom. The van der Waals surface area contributed by atoms with Gasteiger partial charge in [0.25, 0.3) is 5.91 Å². The first-order valence-electron chi connectivity index (χ1n) is 7.41. The molecule has 3 nitrogen and oxygen atoms in total. The van der Waals surface area contributed by atoms with Crippen molar-refractivity contribution in [3.63, 3.8) is 0 Å². The second-order valence-corrected chi connectivity index (χ2v) is 5.35. The Labute approximate surface area is 138 Å². The molecule has 0 heterocycles. The average molecular weight is 334 g/mol. The topological polar surface area (TPSA) is 41.5 Å². The highest BCUT2D eigenvalue weighted by Crippen LogP contribution is 2.29. The van der Waals surface area contributed by atoms with Gasteiger partial charge in [-0.3, -0.25) is 4.79 Å². The van der Waals surface area contributed by atoms with Crippen LogP contribution in [0.15, 0.2) is 59.7 Å². The number of nitrogens with one attached hydrogen (secondary N) is 1. The second kappa shape index (κ2) is 7.77. The third-order valence-corrected chi connectivity index (χ3v) is 3.44. The molecule has 0 radical (unpaired) electrons.